The van der Waals surface area contributed by atoms with Crippen molar-refractivity contribution < 1.29 is 4.39 Å². The molecule has 0 saturated heterocycles. The molecule has 0 atom stereocenters. The van der Waals surface area contributed by atoms with Crippen molar-refractivity contribution in [3.63, 3.8) is 0 Å². The molecule has 0 rings (SSSR count). The number of rotatable bonds is 3. The van der Waals surface area contributed by atoms with Crippen molar-refractivity contribution in [2.75, 3.05) is 0 Å². The van der Waals surface area contributed by atoms with Gasteiger partial charge in [0.1, 0.15) is 5.67 Å². The zero-order valence-corrected chi connectivity index (χ0v) is 7.00. The van der Waals surface area contributed by atoms with Crippen LogP contribution in [0.3, 0.4) is 0 Å². The first-order valence-electron chi connectivity index (χ1n) is 3.35. The molecule has 0 radical (unpaired) electrons. The zero-order chi connectivity index (χ0) is 8.36. The van der Waals surface area contributed by atoms with E-state index in [1.165, 1.54) is 13.8 Å². The van der Waals surface area contributed by atoms with Crippen LogP contribution in [0.15, 0.2) is 24.3 Å². The van der Waals surface area contributed by atoms with E-state index in [9.17, 15) is 4.39 Å². The molecule has 0 saturated carbocycles. The van der Waals surface area contributed by atoms with E-state index in [1.54, 1.807) is 0 Å². The Bertz CT molecular complexity index is 149. The van der Waals surface area contributed by atoms with Gasteiger partial charge in [0.25, 0.3) is 0 Å². The lowest BCUT2D eigenvalue weighted by molar-refractivity contribution is 0.265. The van der Waals surface area contributed by atoms with Crippen molar-refractivity contribution in [1.82, 2.24) is 0 Å². The van der Waals surface area contributed by atoms with E-state index in [4.69, 9.17) is 0 Å². The van der Waals surface area contributed by atoms with Gasteiger partial charge in [0.15, 0.2) is 0 Å². The van der Waals surface area contributed by atoms with Crippen molar-refractivity contribution in [3.8, 4) is 0 Å². The summed E-state index contributed by atoms with van der Waals surface area (Å²) in [5.74, 6) is 0. The summed E-state index contributed by atoms with van der Waals surface area (Å²) in [6, 6.07) is 0. The second-order valence-electron chi connectivity index (χ2n) is 3.21. The van der Waals surface area contributed by atoms with Gasteiger partial charge >= 0.3 is 0 Å². The zero-order valence-electron chi connectivity index (χ0n) is 7.00. The lowest BCUT2D eigenvalue weighted by Crippen LogP contribution is -2.14. The average Bonchev–Trinajstić information content (AvgIpc) is 1.60. The van der Waals surface area contributed by atoms with Gasteiger partial charge in [-0.05, 0) is 32.8 Å². The van der Waals surface area contributed by atoms with Crippen LogP contribution in [0.25, 0.3) is 0 Å². The van der Waals surface area contributed by atoms with Crippen molar-refractivity contribution >= 4 is 0 Å². The molecule has 0 N–H and O–H groups in total. The normalized spacial score (nSPS) is 11.2. The first-order chi connectivity index (χ1) is 4.34. The molecule has 0 fully saturated rings. The van der Waals surface area contributed by atoms with E-state index in [0.29, 0.717) is 12.0 Å². The van der Waals surface area contributed by atoms with Crippen molar-refractivity contribution in [3.05, 3.63) is 24.3 Å². The number of halogens is 1. The fourth-order valence-corrected chi connectivity index (χ4v) is 0.574. The summed E-state index contributed by atoms with van der Waals surface area (Å²) >= 11 is 0. The van der Waals surface area contributed by atoms with Gasteiger partial charge in [0.2, 0.25) is 0 Å². The number of hydrogen-bond acceptors (Lipinski definition) is 0. The summed E-state index contributed by atoms with van der Waals surface area (Å²) in [4.78, 5) is 0. The molecule has 0 bridgehead atoms. The average molecular weight is 142 g/mol. The Morgan fingerprint density at radius 1 is 1.40 bits per heavy atom. The van der Waals surface area contributed by atoms with Crippen LogP contribution in [-0.4, -0.2) is 5.67 Å². The number of alkyl halides is 1. The fourth-order valence-electron chi connectivity index (χ4n) is 0.574. The predicted molar refractivity (Wildman–Crippen MR) is 43.8 cm³/mol. The summed E-state index contributed by atoms with van der Waals surface area (Å²) in [7, 11) is 0. The molecule has 10 heavy (non-hydrogen) atoms. The highest BCUT2D eigenvalue weighted by Gasteiger charge is 2.19. The Morgan fingerprint density at radius 3 is 1.90 bits per heavy atom. The second kappa shape index (κ2) is 3.00. The molecule has 1 heteroatoms. The van der Waals surface area contributed by atoms with Gasteiger partial charge in [-0.1, -0.05) is 18.7 Å². The molecule has 0 aliphatic heterocycles. The van der Waals surface area contributed by atoms with E-state index < -0.39 is 5.67 Å². The SMILES string of the molecule is C=C(C)CC(=C)C(C)(C)F. The molecule has 0 spiro atoms. The molecule has 58 valence electrons. The van der Waals surface area contributed by atoms with Crippen LogP contribution in [0.1, 0.15) is 27.2 Å². The lowest BCUT2D eigenvalue weighted by atomic mass is 9.96. The topological polar surface area (TPSA) is 0 Å². The van der Waals surface area contributed by atoms with Crippen LogP contribution in [0.2, 0.25) is 0 Å². The minimum atomic E-state index is -1.26. The third-order valence-electron chi connectivity index (χ3n) is 1.36. The monoisotopic (exact) mass is 142 g/mol. The van der Waals surface area contributed by atoms with Crippen molar-refractivity contribution in [2.24, 2.45) is 0 Å². The highest BCUT2D eigenvalue weighted by Crippen LogP contribution is 2.23. The highest BCUT2D eigenvalue weighted by molar-refractivity contribution is 5.15. The van der Waals surface area contributed by atoms with Crippen LogP contribution in [0.4, 0.5) is 4.39 Å². The highest BCUT2D eigenvalue weighted by atomic mass is 19.1. The van der Waals surface area contributed by atoms with Crippen molar-refractivity contribution in [2.45, 2.75) is 32.9 Å². The van der Waals surface area contributed by atoms with Gasteiger partial charge in [0.05, 0.1) is 0 Å². The van der Waals surface area contributed by atoms with Gasteiger partial charge < -0.3 is 0 Å². The Morgan fingerprint density at radius 2 is 1.80 bits per heavy atom. The van der Waals surface area contributed by atoms with Gasteiger partial charge in [-0.15, -0.1) is 0 Å². The Balaban J connectivity index is 3.99. The van der Waals surface area contributed by atoms with E-state index in [1.807, 2.05) is 6.92 Å². The smallest absolute Gasteiger partial charge is 0.126 e. The first kappa shape index (κ1) is 9.41. The lowest BCUT2D eigenvalue weighted by Gasteiger charge is -2.17. The Hall–Kier alpha value is -0.590. The van der Waals surface area contributed by atoms with Crippen molar-refractivity contribution in [1.29, 1.82) is 0 Å². The molecular formula is C9H15F. The molecule has 0 unspecified atom stereocenters. The molecule has 0 aromatic carbocycles. The molecule has 0 aliphatic rings. The van der Waals surface area contributed by atoms with Gasteiger partial charge in [-0.25, -0.2) is 4.39 Å². The predicted octanol–water partition coefficient (Wildman–Crippen LogP) is 3.26. The molecule has 0 aromatic rings. The molecule has 0 aliphatic carbocycles. The van der Waals surface area contributed by atoms with Crippen LogP contribution in [0.5, 0.6) is 0 Å². The molecule has 0 nitrogen and oxygen atoms in total. The minimum Gasteiger partial charge on any atom is -0.240 e. The fraction of sp³-hybridized carbons (Fsp3) is 0.556. The number of allylic oxidation sites excluding steroid dienone is 2. The van der Waals surface area contributed by atoms with Gasteiger partial charge in [0, 0.05) is 0 Å². The Kier molecular flexibility index (Phi) is 2.82. The first-order valence-corrected chi connectivity index (χ1v) is 3.35. The summed E-state index contributed by atoms with van der Waals surface area (Å²) < 4.78 is 13.0. The van der Waals surface area contributed by atoms with E-state index in [2.05, 4.69) is 13.2 Å². The quantitative estimate of drug-likeness (QED) is 0.530. The van der Waals surface area contributed by atoms with Gasteiger partial charge in [-0.3, -0.25) is 0 Å². The summed E-state index contributed by atoms with van der Waals surface area (Å²) in [6.07, 6.45) is 0.587. The Labute approximate surface area is 62.4 Å². The van der Waals surface area contributed by atoms with Gasteiger partial charge in [-0.2, -0.15) is 0 Å². The van der Waals surface area contributed by atoms with E-state index in [0.717, 1.165) is 5.57 Å². The maximum absolute atomic E-state index is 13.0. The summed E-state index contributed by atoms with van der Waals surface area (Å²) in [6.45, 7) is 12.2. The molecular weight excluding hydrogens is 127 g/mol. The number of hydrogen-bond donors (Lipinski definition) is 0. The van der Waals surface area contributed by atoms with Crippen LogP contribution in [-0.2, 0) is 0 Å². The van der Waals surface area contributed by atoms with Crippen LogP contribution in [0, 0.1) is 0 Å². The second-order valence-corrected chi connectivity index (χ2v) is 3.21. The van der Waals surface area contributed by atoms with Crippen LogP contribution >= 0.6 is 0 Å². The van der Waals surface area contributed by atoms with Crippen LogP contribution < -0.4 is 0 Å². The molecule has 0 heterocycles. The van der Waals surface area contributed by atoms with E-state index >= 15 is 0 Å². The van der Waals surface area contributed by atoms with E-state index in [-0.39, 0.29) is 0 Å². The summed E-state index contributed by atoms with van der Waals surface area (Å²) in [5.41, 5.74) is 0.287. The standard InChI is InChI=1S/C9H15F/c1-7(2)6-8(3)9(4,5)10/h1,3,6H2,2,4-5H3. The maximum Gasteiger partial charge on any atom is 0.126 e. The minimum absolute atomic E-state index is 0.587. The third kappa shape index (κ3) is 3.44. The summed E-state index contributed by atoms with van der Waals surface area (Å²) in [5, 5.41) is 0. The largest absolute Gasteiger partial charge is 0.240 e. The molecule has 0 amide bonds. The third-order valence-corrected chi connectivity index (χ3v) is 1.36. The maximum atomic E-state index is 13.0. The molecule has 0 aromatic heterocycles.